The second kappa shape index (κ2) is 9.54. The predicted octanol–water partition coefficient (Wildman–Crippen LogP) is 9.30. The Balaban J connectivity index is 2.07. The first-order valence-electron chi connectivity index (χ1n) is 12.5. The van der Waals surface area contributed by atoms with Crippen LogP contribution >= 0.6 is 0 Å². The Hall–Kier alpha value is -1.89. The Bertz CT molecular complexity index is 955. The number of hydrogen-bond donors (Lipinski definition) is 0. The van der Waals surface area contributed by atoms with Crippen molar-refractivity contribution in [2.45, 2.75) is 86.5 Å². The van der Waals surface area contributed by atoms with Crippen LogP contribution in [0.5, 0.6) is 0 Å². The molecule has 1 aromatic rings. The molecule has 0 aliphatic heterocycles. The van der Waals surface area contributed by atoms with E-state index in [1.165, 1.54) is 28.7 Å². The average molecular weight is 435 g/mol. The fourth-order valence-electron chi connectivity index (χ4n) is 6.34. The highest BCUT2D eigenvalue weighted by Gasteiger charge is 2.41. The van der Waals surface area contributed by atoms with Gasteiger partial charge in [-0.05, 0) is 91.9 Å². The van der Waals surface area contributed by atoms with E-state index in [4.69, 9.17) is 0 Å². The first-order chi connectivity index (χ1) is 15.1. The van der Waals surface area contributed by atoms with Crippen LogP contribution in [-0.4, -0.2) is 0 Å². The molecule has 1 heteroatoms. The summed E-state index contributed by atoms with van der Waals surface area (Å²) in [6.45, 7) is 22.2. The largest absolute Gasteiger partial charge is 0.207 e. The molecule has 0 bridgehead atoms. The van der Waals surface area contributed by atoms with Crippen LogP contribution in [0.15, 0.2) is 59.7 Å². The quantitative estimate of drug-likeness (QED) is 0.358. The van der Waals surface area contributed by atoms with E-state index in [2.05, 4.69) is 86.3 Å². The maximum Gasteiger partial charge on any atom is 0.127 e. The molecule has 4 unspecified atom stereocenters. The van der Waals surface area contributed by atoms with Crippen molar-refractivity contribution in [1.82, 2.24) is 0 Å². The predicted molar refractivity (Wildman–Crippen MR) is 138 cm³/mol. The molecule has 5 atom stereocenters. The monoisotopic (exact) mass is 434 g/mol. The van der Waals surface area contributed by atoms with Gasteiger partial charge in [-0.3, -0.25) is 0 Å². The van der Waals surface area contributed by atoms with E-state index in [-0.39, 0.29) is 17.2 Å². The van der Waals surface area contributed by atoms with E-state index in [1.54, 1.807) is 0 Å². The van der Waals surface area contributed by atoms with Gasteiger partial charge in [0.1, 0.15) is 5.82 Å². The van der Waals surface area contributed by atoms with Crippen molar-refractivity contribution in [1.29, 1.82) is 0 Å². The lowest BCUT2D eigenvalue weighted by Gasteiger charge is -2.43. The van der Waals surface area contributed by atoms with Crippen LogP contribution in [0.3, 0.4) is 0 Å². The van der Waals surface area contributed by atoms with Crippen molar-refractivity contribution in [2.24, 2.45) is 23.2 Å². The molecular weight excluding hydrogens is 391 g/mol. The minimum Gasteiger partial charge on any atom is -0.207 e. The van der Waals surface area contributed by atoms with E-state index in [9.17, 15) is 0 Å². The summed E-state index contributed by atoms with van der Waals surface area (Å²) in [4.78, 5) is 0. The van der Waals surface area contributed by atoms with Crippen LogP contribution < -0.4 is 0 Å². The molecule has 0 saturated heterocycles. The maximum absolute atomic E-state index is 15.4. The molecule has 0 amide bonds. The van der Waals surface area contributed by atoms with E-state index >= 15 is 4.39 Å². The summed E-state index contributed by atoms with van der Waals surface area (Å²) in [5.41, 5.74) is 7.50. The summed E-state index contributed by atoms with van der Waals surface area (Å²) in [7, 11) is 0. The van der Waals surface area contributed by atoms with Gasteiger partial charge in [-0.2, -0.15) is 0 Å². The zero-order valence-corrected chi connectivity index (χ0v) is 21.6. The smallest absolute Gasteiger partial charge is 0.127 e. The van der Waals surface area contributed by atoms with Crippen LogP contribution in [0.25, 0.3) is 0 Å². The summed E-state index contributed by atoms with van der Waals surface area (Å²) in [5, 5.41) is 0. The molecule has 1 fully saturated rings. The second-order valence-electron chi connectivity index (χ2n) is 10.9. The molecule has 2 aliphatic carbocycles. The first kappa shape index (κ1) is 24.7. The van der Waals surface area contributed by atoms with E-state index in [1.807, 2.05) is 12.1 Å². The van der Waals surface area contributed by atoms with Gasteiger partial charge in [-0.1, -0.05) is 81.7 Å². The SMILES string of the molecule is C=CCc1c(F)cc(C(CC)C(C)(C)/C(=C\C)C2C(C)=C(C)C=C[C@@H]2C)cc1C1CC1C. The average Bonchev–Trinajstić information content (AvgIpc) is 3.46. The minimum atomic E-state index is -0.0754. The molecule has 3 rings (SSSR count). The van der Waals surface area contributed by atoms with Crippen molar-refractivity contribution in [3.8, 4) is 0 Å². The van der Waals surface area contributed by atoms with Gasteiger partial charge >= 0.3 is 0 Å². The summed E-state index contributed by atoms with van der Waals surface area (Å²) in [6, 6.07) is 4.17. The van der Waals surface area contributed by atoms with Gasteiger partial charge in [0.15, 0.2) is 0 Å². The summed E-state index contributed by atoms with van der Waals surface area (Å²) >= 11 is 0. The van der Waals surface area contributed by atoms with Crippen molar-refractivity contribution >= 4 is 0 Å². The van der Waals surface area contributed by atoms with Gasteiger partial charge in [-0.15, -0.1) is 6.58 Å². The van der Waals surface area contributed by atoms with Gasteiger partial charge < -0.3 is 0 Å². The third-order valence-electron chi connectivity index (χ3n) is 8.45. The first-order valence-corrected chi connectivity index (χ1v) is 12.5. The van der Waals surface area contributed by atoms with E-state index < -0.39 is 0 Å². The van der Waals surface area contributed by atoms with Crippen LogP contribution in [0.2, 0.25) is 0 Å². The van der Waals surface area contributed by atoms with Gasteiger partial charge in [0.05, 0.1) is 0 Å². The molecule has 0 radical (unpaired) electrons. The van der Waals surface area contributed by atoms with Gasteiger partial charge in [-0.25, -0.2) is 4.39 Å². The lowest BCUT2D eigenvalue weighted by molar-refractivity contribution is 0.296. The fourth-order valence-corrected chi connectivity index (χ4v) is 6.34. The Kier molecular flexibility index (Phi) is 7.38. The lowest BCUT2D eigenvalue weighted by atomic mass is 9.61. The Morgan fingerprint density at radius 1 is 1.25 bits per heavy atom. The molecule has 32 heavy (non-hydrogen) atoms. The molecule has 0 N–H and O–H groups in total. The highest BCUT2D eigenvalue weighted by atomic mass is 19.1. The fraction of sp³-hybridized carbons (Fsp3) is 0.548. The molecule has 0 spiro atoms. The number of benzene rings is 1. The standard InChI is InChI=1S/C31H43F/c1-10-13-24-26(25-16-21(25)6)17-23(18-29(24)32)27(11-2)31(8,9)28(12-3)30-20(5)15-14-19(4)22(30)7/h10,12,14-15,17-18,20-21,25,27,30H,1,11,13,16H2,2-9H3/b28-12-/t20-,21?,25?,27?,30?/m0/s1. The summed E-state index contributed by atoms with van der Waals surface area (Å²) < 4.78 is 15.4. The topological polar surface area (TPSA) is 0 Å². The highest BCUT2D eigenvalue weighted by molar-refractivity contribution is 5.44. The Morgan fingerprint density at radius 3 is 2.44 bits per heavy atom. The summed E-state index contributed by atoms with van der Waals surface area (Å²) in [5.74, 6) is 2.24. The number of rotatable bonds is 8. The number of hydrogen-bond acceptors (Lipinski definition) is 0. The molecule has 174 valence electrons. The molecule has 1 aromatic carbocycles. The molecule has 0 aromatic heterocycles. The maximum atomic E-state index is 15.4. The highest BCUT2D eigenvalue weighted by Crippen LogP contribution is 2.53. The van der Waals surface area contributed by atoms with Crippen molar-refractivity contribution in [2.75, 3.05) is 0 Å². The zero-order valence-electron chi connectivity index (χ0n) is 21.6. The van der Waals surface area contributed by atoms with Crippen LogP contribution in [0.4, 0.5) is 4.39 Å². The Morgan fingerprint density at radius 2 is 1.91 bits per heavy atom. The van der Waals surface area contributed by atoms with Gasteiger partial charge in [0.25, 0.3) is 0 Å². The van der Waals surface area contributed by atoms with Gasteiger partial charge in [0.2, 0.25) is 0 Å². The number of halogens is 1. The minimum absolute atomic E-state index is 0.0475. The third-order valence-corrected chi connectivity index (χ3v) is 8.45. The molecule has 2 aliphatic rings. The van der Waals surface area contributed by atoms with E-state index in [0.717, 1.165) is 17.5 Å². The Labute approximate surface area is 196 Å². The van der Waals surface area contributed by atoms with E-state index in [0.29, 0.717) is 30.1 Å². The second-order valence-corrected chi connectivity index (χ2v) is 10.9. The molecular formula is C31H43F. The van der Waals surface area contributed by atoms with Crippen molar-refractivity contribution in [3.63, 3.8) is 0 Å². The van der Waals surface area contributed by atoms with Crippen molar-refractivity contribution < 1.29 is 4.39 Å². The third kappa shape index (κ3) is 4.45. The van der Waals surface area contributed by atoms with Crippen LogP contribution in [0.1, 0.15) is 96.8 Å². The zero-order chi connectivity index (χ0) is 23.8. The van der Waals surface area contributed by atoms with Crippen molar-refractivity contribution in [3.05, 3.63) is 82.2 Å². The normalized spacial score (nSPS) is 27.0. The molecule has 0 heterocycles. The molecule has 0 nitrogen and oxygen atoms in total. The van der Waals surface area contributed by atoms with Crippen LogP contribution in [-0.2, 0) is 6.42 Å². The van der Waals surface area contributed by atoms with Gasteiger partial charge in [0, 0.05) is 5.92 Å². The summed E-state index contributed by atoms with van der Waals surface area (Å²) in [6.07, 6.45) is 11.6. The van der Waals surface area contributed by atoms with Crippen LogP contribution in [0, 0.1) is 29.0 Å². The molecule has 1 saturated carbocycles. The lowest BCUT2D eigenvalue weighted by Crippen LogP contribution is -2.32. The number of allylic oxidation sites excluding steroid dienone is 7.